The zero-order chi connectivity index (χ0) is 22.1. The largest absolute Gasteiger partial charge is 0.485 e. The minimum Gasteiger partial charge on any atom is -0.485 e. The number of nitrogens with one attached hydrogen (secondary N) is 1. The van der Waals surface area contributed by atoms with E-state index in [2.05, 4.69) is 47.2 Å². The number of carbonyl (C=O) groups is 1. The number of amides is 1. The van der Waals surface area contributed by atoms with Gasteiger partial charge < -0.3 is 10.1 Å². The van der Waals surface area contributed by atoms with Crippen LogP contribution in [0.25, 0.3) is 0 Å². The van der Waals surface area contributed by atoms with Gasteiger partial charge in [0.25, 0.3) is 0 Å². The van der Waals surface area contributed by atoms with Gasteiger partial charge in [0.15, 0.2) is 11.0 Å². The minimum atomic E-state index is -0.0258. The highest BCUT2D eigenvalue weighted by atomic mass is 32.2. The maximum atomic E-state index is 12.2. The Morgan fingerprint density at radius 2 is 2.00 bits per heavy atom. The van der Waals surface area contributed by atoms with Crippen LogP contribution in [0.1, 0.15) is 22.5 Å². The number of hydrogen-bond donors (Lipinski definition) is 1. The fourth-order valence-corrected chi connectivity index (χ4v) is 3.92. The van der Waals surface area contributed by atoms with Crippen molar-refractivity contribution in [3.63, 3.8) is 0 Å². The number of hydrogen-bond acceptors (Lipinski definition) is 5. The summed E-state index contributed by atoms with van der Waals surface area (Å²) in [6.07, 6.45) is 2.60. The van der Waals surface area contributed by atoms with Crippen LogP contribution in [0.5, 0.6) is 5.75 Å². The van der Waals surface area contributed by atoms with E-state index < -0.39 is 0 Å². The molecular formula is C24H28N4O2S. The van der Waals surface area contributed by atoms with E-state index in [1.807, 2.05) is 41.8 Å². The van der Waals surface area contributed by atoms with Crippen molar-refractivity contribution in [2.45, 2.75) is 38.6 Å². The first-order valence-corrected chi connectivity index (χ1v) is 11.2. The van der Waals surface area contributed by atoms with Crippen LogP contribution in [0.3, 0.4) is 0 Å². The van der Waals surface area contributed by atoms with E-state index in [1.54, 1.807) is 6.08 Å². The van der Waals surface area contributed by atoms with Gasteiger partial charge in [0.1, 0.15) is 12.4 Å². The predicted octanol–water partition coefficient (Wildman–Crippen LogP) is 4.11. The lowest BCUT2D eigenvalue weighted by Gasteiger charge is -2.11. The van der Waals surface area contributed by atoms with Crippen molar-refractivity contribution in [3.8, 4) is 5.75 Å². The molecule has 0 saturated carbocycles. The van der Waals surface area contributed by atoms with E-state index in [4.69, 9.17) is 4.74 Å². The molecule has 1 N–H and O–H groups in total. The number of aryl methyl sites for hydroxylation is 2. The third-order valence-corrected chi connectivity index (χ3v) is 5.67. The molecule has 0 unspecified atom stereocenters. The molecule has 7 heteroatoms. The predicted molar refractivity (Wildman–Crippen MR) is 124 cm³/mol. The first-order valence-electron chi connectivity index (χ1n) is 10.2. The quantitative estimate of drug-likeness (QED) is 0.362. The Hall–Kier alpha value is -3.06. The highest BCUT2D eigenvalue weighted by Crippen LogP contribution is 2.21. The van der Waals surface area contributed by atoms with Crippen LogP contribution in [0, 0.1) is 13.8 Å². The van der Waals surface area contributed by atoms with Gasteiger partial charge in [0, 0.05) is 13.1 Å². The van der Waals surface area contributed by atoms with E-state index in [1.165, 1.54) is 22.9 Å². The lowest BCUT2D eigenvalue weighted by Crippen LogP contribution is -2.27. The average molecular weight is 437 g/mol. The first kappa shape index (κ1) is 22.6. The summed E-state index contributed by atoms with van der Waals surface area (Å²) in [6.45, 7) is 9.36. The fourth-order valence-electron chi connectivity index (χ4n) is 3.12. The van der Waals surface area contributed by atoms with Crippen molar-refractivity contribution in [2.75, 3.05) is 12.3 Å². The van der Waals surface area contributed by atoms with E-state index in [0.29, 0.717) is 30.7 Å². The van der Waals surface area contributed by atoms with E-state index in [9.17, 15) is 4.79 Å². The zero-order valence-electron chi connectivity index (χ0n) is 18.0. The summed E-state index contributed by atoms with van der Waals surface area (Å²) in [5.74, 6) is 1.78. The molecular weight excluding hydrogens is 408 g/mol. The molecule has 0 bridgehead atoms. The number of benzene rings is 2. The molecule has 6 nitrogen and oxygen atoms in total. The second-order valence-corrected chi connectivity index (χ2v) is 8.17. The maximum Gasteiger partial charge on any atom is 0.230 e. The number of rotatable bonds is 11. The topological polar surface area (TPSA) is 69.0 Å². The average Bonchev–Trinajstić information content (AvgIpc) is 3.14. The third-order valence-electron chi connectivity index (χ3n) is 4.70. The molecule has 1 amide bonds. The van der Waals surface area contributed by atoms with E-state index in [-0.39, 0.29) is 11.7 Å². The molecule has 0 radical (unpaired) electrons. The minimum absolute atomic E-state index is 0.0258. The standard InChI is InChI=1S/C24H28N4O2S/c1-4-14-28-22(16-30-21-11-10-18(2)15-19(21)3)26-27-24(28)31-17-23(29)25-13-12-20-8-6-5-7-9-20/h4-11,15H,1,12-14,16-17H2,2-3H3,(H,25,29). The molecule has 31 heavy (non-hydrogen) atoms. The second-order valence-electron chi connectivity index (χ2n) is 7.23. The monoisotopic (exact) mass is 436 g/mol. The molecule has 3 aromatic rings. The molecule has 0 atom stereocenters. The molecule has 3 rings (SSSR count). The van der Waals surface area contributed by atoms with Gasteiger partial charge in [-0.25, -0.2) is 0 Å². The van der Waals surface area contributed by atoms with Gasteiger partial charge in [-0.05, 0) is 37.5 Å². The van der Waals surface area contributed by atoms with E-state index >= 15 is 0 Å². The summed E-state index contributed by atoms with van der Waals surface area (Å²) in [4.78, 5) is 12.2. The number of nitrogens with zero attached hydrogens (tertiary/aromatic N) is 3. The SMILES string of the molecule is C=CCn1c(COc2ccc(C)cc2C)nnc1SCC(=O)NCCc1ccccc1. The lowest BCUT2D eigenvalue weighted by molar-refractivity contribution is -0.118. The van der Waals surface area contributed by atoms with E-state index in [0.717, 1.165) is 17.7 Å². The van der Waals surface area contributed by atoms with Crippen LogP contribution >= 0.6 is 11.8 Å². The number of carbonyl (C=O) groups excluding carboxylic acids is 1. The highest BCUT2D eigenvalue weighted by Gasteiger charge is 2.14. The molecule has 0 saturated heterocycles. The molecule has 0 aliphatic rings. The van der Waals surface area contributed by atoms with Gasteiger partial charge in [0.05, 0.1) is 5.75 Å². The molecule has 1 heterocycles. The fraction of sp³-hybridized carbons (Fsp3) is 0.292. The van der Waals surface area contributed by atoms with Crippen LogP contribution in [0.2, 0.25) is 0 Å². The van der Waals surface area contributed by atoms with Crippen LogP contribution in [-0.2, 0) is 24.4 Å². The number of thioether (sulfide) groups is 1. The van der Waals surface area contributed by atoms with Crippen molar-refractivity contribution < 1.29 is 9.53 Å². The highest BCUT2D eigenvalue weighted by molar-refractivity contribution is 7.99. The van der Waals surface area contributed by atoms with Crippen molar-refractivity contribution in [1.29, 1.82) is 0 Å². The molecule has 162 valence electrons. The Bertz CT molecular complexity index is 1020. The third kappa shape index (κ3) is 6.72. The Balaban J connectivity index is 1.53. The first-order chi connectivity index (χ1) is 15.1. The summed E-state index contributed by atoms with van der Waals surface area (Å²) in [6, 6.07) is 16.2. The molecule has 2 aromatic carbocycles. The van der Waals surface area contributed by atoms with Crippen LogP contribution in [0.15, 0.2) is 66.3 Å². The summed E-state index contributed by atoms with van der Waals surface area (Å²) in [5, 5.41) is 12.1. The van der Waals surface area contributed by atoms with Gasteiger partial charge in [-0.3, -0.25) is 9.36 Å². The lowest BCUT2D eigenvalue weighted by atomic mass is 10.1. The van der Waals surface area contributed by atoms with Gasteiger partial charge in [-0.15, -0.1) is 16.8 Å². The Morgan fingerprint density at radius 3 is 2.74 bits per heavy atom. The Labute approximate surface area is 187 Å². The summed E-state index contributed by atoms with van der Waals surface area (Å²) in [7, 11) is 0. The summed E-state index contributed by atoms with van der Waals surface area (Å²) >= 11 is 1.36. The van der Waals surface area contributed by atoms with Crippen molar-refractivity contribution in [3.05, 3.63) is 83.7 Å². The summed E-state index contributed by atoms with van der Waals surface area (Å²) < 4.78 is 7.88. The second kappa shape index (κ2) is 11.4. The van der Waals surface area contributed by atoms with Crippen LogP contribution in [0.4, 0.5) is 0 Å². The Kier molecular flexibility index (Phi) is 8.29. The summed E-state index contributed by atoms with van der Waals surface area (Å²) in [5.41, 5.74) is 3.48. The Morgan fingerprint density at radius 1 is 1.19 bits per heavy atom. The zero-order valence-corrected chi connectivity index (χ0v) is 18.8. The molecule has 0 aliphatic heterocycles. The number of allylic oxidation sites excluding steroid dienone is 1. The van der Waals surface area contributed by atoms with Gasteiger partial charge in [0.2, 0.25) is 5.91 Å². The number of ether oxygens (including phenoxy) is 1. The molecule has 0 spiro atoms. The normalized spacial score (nSPS) is 10.6. The van der Waals surface area contributed by atoms with Crippen molar-refractivity contribution in [2.24, 2.45) is 0 Å². The smallest absolute Gasteiger partial charge is 0.230 e. The van der Waals surface area contributed by atoms with Gasteiger partial charge in [-0.2, -0.15) is 0 Å². The van der Waals surface area contributed by atoms with Crippen molar-refractivity contribution >= 4 is 17.7 Å². The molecule has 0 fully saturated rings. The van der Waals surface area contributed by atoms with Crippen molar-refractivity contribution in [1.82, 2.24) is 20.1 Å². The molecule has 1 aromatic heterocycles. The maximum absolute atomic E-state index is 12.2. The number of aromatic nitrogens is 3. The van der Waals surface area contributed by atoms with Crippen LogP contribution in [-0.4, -0.2) is 33.0 Å². The molecule has 0 aliphatic carbocycles. The van der Waals surface area contributed by atoms with Crippen LogP contribution < -0.4 is 10.1 Å². The van der Waals surface area contributed by atoms with Gasteiger partial charge in [-0.1, -0.05) is 65.9 Å². The van der Waals surface area contributed by atoms with Gasteiger partial charge >= 0.3 is 0 Å².